The summed E-state index contributed by atoms with van der Waals surface area (Å²) in [6.45, 7) is 0. The van der Waals surface area contributed by atoms with Crippen molar-refractivity contribution in [3.05, 3.63) is 121 Å². The van der Waals surface area contributed by atoms with Gasteiger partial charge in [0.15, 0.2) is 0 Å². The molecule has 0 aliphatic carbocycles. The predicted molar refractivity (Wildman–Crippen MR) is 158 cm³/mol. The second kappa shape index (κ2) is 8.33. The van der Waals surface area contributed by atoms with E-state index in [4.69, 9.17) is 15.0 Å². The molecule has 0 saturated heterocycles. The van der Waals surface area contributed by atoms with Crippen molar-refractivity contribution < 1.29 is 0 Å². The number of nitrogens with zero attached hydrogens (tertiary/aromatic N) is 4. The van der Waals surface area contributed by atoms with E-state index in [0.717, 1.165) is 49.3 Å². The fourth-order valence-electron chi connectivity index (χ4n) is 5.29. The van der Waals surface area contributed by atoms with Crippen molar-refractivity contribution in [2.75, 3.05) is 0 Å². The fourth-order valence-corrected chi connectivity index (χ4v) is 6.28. The maximum Gasteiger partial charge on any atom is 0.235 e. The van der Waals surface area contributed by atoms with Gasteiger partial charge in [0.05, 0.1) is 32.5 Å². The Morgan fingerprint density at radius 1 is 0.500 bits per heavy atom. The second-order valence-corrected chi connectivity index (χ2v) is 10.4. The summed E-state index contributed by atoms with van der Waals surface area (Å²) in [5.41, 5.74) is 7.17. The molecule has 0 aliphatic heterocycles. The van der Waals surface area contributed by atoms with Gasteiger partial charge in [0.25, 0.3) is 0 Å². The van der Waals surface area contributed by atoms with E-state index < -0.39 is 0 Å². The molecule has 0 atom stereocenters. The molecule has 8 rings (SSSR count). The maximum atomic E-state index is 5.18. The zero-order valence-corrected chi connectivity index (χ0v) is 21.1. The third-order valence-corrected chi connectivity index (χ3v) is 8.11. The first-order chi connectivity index (χ1) is 18.8. The van der Waals surface area contributed by atoms with E-state index in [1.165, 1.54) is 15.5 Å². The molecular formula is C33H20N4S. The topological polar surface area (TPSA) is 43.6 Å². The van der Waals surface area contributed by atoms with Gasteiger partial charge in [0.1, 0.15) is 5.01 Å². The molecule has 0 aliphatic rings. The van der Waals surface area contributed by atoms with Crippen LogP contribution in [0.3, 0.4) is 0 Å². The van der Waals surface area contributed by atoms with E-state index in [1.54, 1.807) is 11.3 Å². The van der Waals surface area contributed by atoms with E-state index >= 15 is 0 Å². The van der Waals surface area contributed by atoms with Crippen molar-refractivity contribution in [2.45, 2.75) is 0 Å². The summed E-state index contributed by atoms with van der Waals surface area (Å²) in [6, 6.07) is 41.9. The zero-order valence-electron chi connectivity index (χ0n) is 20.2. The van der Waals surface area contributed by atoms with Crippen LogP contribution >= 0.6 is 11.3 Å². The summed E-state index contributed by atoms with van der Waals surface area (Å²) in [5.74, 6) is 0.659. The molecule has 0 radical (unpaired) electrons. The highest BCUT2D eigenvalue weighted by Crippen LogP contribution is 2.38. The lowest BCUT2D eigenvalue weighted by atomic mass is 10.1. The molecule has 5 aromatic carbocycles. The van der Waals surface area contributed by atoms with Crippen LogP contribution in [0.5, 0.6) is 0 Å². The van der Waals surface area contributed by atoms with Gasteiger partial charge in [-0.1, -0.05) is 97.1 Å². The highest BCUT2D eigenvalue weighted by atomic mass is 32.1. The molecule has 4 nitrogen and oxygen atoms in total. The van der Waals surface area contributed by atoms with Gasteiger partial charge < -0.3 is 0 Å². The quantitative estimate of drug-likeness (QED) is 0.242. The fraction of sp³-hybridized carbons (Fsp3) is 0. The zero-order chi connectivity index (χ0) is 25.1. The van der Waals surface area contributed by atoms with E-state index in [2.05, 4.69) is 102 Å². The highest BCUT2D eigenvalue weighted by molar-refractivity contribution is 7.21. The van der Waals surface area contributed by atoms with Crippen LogP contribution in [0.25, 0.3) is 70.7 Å². The number of hydrogen-bond donors (Lipinski definition) is 0. The number of rotatable bonds is 3. The summed E-state index contributed by atoms with van der Waals surface area (Å²) in [6.07, 6.45) is 0. The van der Waals surface area contributed by atoms with Crippen molar-refractivity contribution in [1.29, 1.82) is 0 Å². The van der Waals surface area contributed by atoms with Crippen molar-refractivity contribution in [3.8, 4) is 27.8 Å². The number of para-hydroxylation sites is 2. The Balaban J connectivity index is 1.44. The Kier molecular flexibility index (Phi) is 4.66. The minimum atomic E-state index is 0.659. The maximum absolute atomic E-state index is 5.18. The van der Waals surface area contributed by atoms with Gasteiger partial charge in [-0.25, -0.2) is 15.0 Å². The molecule has 38 heavy (non-hydrogen) atoms. The van der Waals surface area contributed by atoms with Crippen LogP contribution in [0, 0.1) is 0 Å². The van der Waals surface area contributed by atoms with E-state index in [1.807, 2.05) is 24.3 Å². The molecule has 5 heteroatoms. The standard InChI is InChI=1S/C33H20N4S/c1-3-11-21(12-4-1)31-24-16-7-9-17-26(24)35-33(36-31)37-28-18-10-8-15-23(28)25-19-30-27(20-29(25)37)34-32(38-30)22-13-5-2-6-14-22/h1-20H. The molecule has 0 spiro atoms. The summed E-state index contributed by atoms with van der Waals surface area (Å²) in [5, 5.41) is 4.42. The minimum absolute atomic E-state index is 0.659. The smallest absolute Gasteiger partial charge is 0.235 e. The largest absolute Gasteiger partial charge is 0.278 e. The number of hydrogen-bond acceptors (Lipinski definition) is 4. The van der Waals surface area contributed by atoms with Crippen molar-refractivity contribution >= 4 is 54.3 Å². The Bertz CT molecular complexity index is 2130. The molecule has 0 bridgehead atoms. The first-order valence-corrected chi connectivity index (χ1v) is 13.4. The molecule has 3 heterocycles. The van der Waals surface area contributed by atoms with Gasteiger partial charge in [-0.2, -0.15) is 0 Å². The first-order valence-electron chi connectivity index (χ1n) is 12.6. The molecule has 0 N–H and O–H groups in total. The SMILES string of the molecule is c1ccc(-c2nc3cc4c(cc3s2)c2ccccc2n4-c2nc(-c3ccccc3)c3ccccc3n2)cc1. The lowest BCUT2D eigenvalue weighted by molar-refractivity contribution is 1.01. The second-order valence-electron chi connectivity index (χ2n) is 9.33. The summed E-state index contributed by atoms with van der Waals surface area (Å²) in [7, 11) is 0. The normalized spacial score (nSPS) is 11.7. The molecule has 0 fully saturated rings. The van der Waals surface area contributed by atoms with Gasteiger partial charge in [0, 0.05) is 27.3 Å². The monoisotopic (exact) mass is 504 g/mol. The Morgan fingerprint density at radius 3 is 2.00 bits per heavy atom. The van der Waals surface area contributed by atoms with E-state index in [-0.39, 0.29) is 0 Å². The van der Waals surface area contributed by atoms with Crippen LogP contribution in [0.15, 0.2) is 121 Å². The van der Waals surface area contributed by atoms with Gasteiger partial charge in [0.2, 0.25) is 5.95 Å². The highest BCUT2D eigenvalue weighted by Gasteiger charge is 2.19. The van der Waals surface area contributed by atoms with Crippen LogP contribution in [-0.4, -0.2) is 19.5 Å². The Morgan fingerprint density at radius 2 is 1.18 bits per heavy atom. The lowest BCUT2D eigenvalue weighted by Gasteiger charge is -2.11. The average Bonchev–Trinajstić information content (AvgIpc) is 3.55. The van der Waals surface area contributed by atoms with E-state index in [0.29, 0.717) is 5.95 Å². The average molecular weight is 505 g/mol. The molecule has 0 unspecified atom stereocenters. The van der Waals surface area contributed by atoms with E-state index in [9.17, 15) is 0 Å². The molecule has 8 aromatic rings. The molecule has 0 amide bonds. The number of benzene rings is 5. The molecular weight excluding hydrogens is 484 g/mol. The minimum Gasteiger partial charge on any atom is -0.278 e. The lowest BCUT2D eigenvalue weighted by Crippen LogP contribution is -2.03. The molecule has 178 valence electrons. The first kappa shape index (κ1) is 21.2. The van der Waals surface area contributed by atoms with Crippen molar-refractivity contribution in [1.82, 2.24) is 19.5 Å². The predicted octanol–water partition coefficient (Wildman–Crippen LogP) is 8.67. The summed E-state index contributed by atoms with van der Waals surface area (Å²) >= 11 is 1.73. The van der Waals surface area contributed by atoms with Crippen molar-refractivity contribution in [2.24, 2.45) is 0 Å². The van der Waals surface area contributed by atoms with Gasteiger partial charge >= 0.3 is 0 Å². The van der Waals surface area contributed by atoms with Crippen LogP contribution in [0.4, 0.5) is 0 Å². The number of thiazole rings is 1. The summed E-state index contributed by atoms with van der Waals surface area (Å²) < 4.78 is 3.36. The van der Waals surface area contributed by atoms with Crippen LogP contribution in [-0.2, 0) is 0 Å². The Labute approximate surface area is 222 Å². The third kappa shape index (κ3) is 3.26. The van der Waals surface area contributed by atoms with Crippen LogP contribution < -0.4 is 0 Å². The summed E-state index contributed by atoms with van der Waals surface area (Å²) in [4.78, 5) is 15.3. The molecule has 3 aromatic heterocycles. The van der Waals surface area contributed by atoms with Crippen molar-refractivity contribution in [3.63, 3.8) is 0 Å². The van der Waals surface area contributed by atoms with Gasteiger partial charge in [-0.15, -0.1) is 11.3 Å². The Hall–Kier alpha value is -4.87. The van der Waals surface area contributed by atoms with Gasteiger partial charge in [-0.05, 0) is 24.3 Å². The van der Waals surface area contributed by atoms with Crippen LogP contribution in [0.1, 0.15) is 0 Å². The third-order valence-electron chi connectivity index (χ3n) is 7.04. The number of aromatic nitrogens is 4. The van der Waals surface area contributed by atoms with Crippen LogP contribution in [0.2, 0.25) is 0 Å². The van der Waals surface area contributed by atoms with Gasteiger partial charge in [-0.3, -0.25) is 4.57 Å². The number of fused-ring (bicyclic) bond motifs is 5. The molecule has 0 saturated carbocycles.